The van der Waals surface area contributed by atoms with Crippen LogP contribution in [0.4, 0.5) is 11.9 Å². The smallest absolute Gasteiger partial charge is 0.267 e. The third-order valence-corrected chi connectivity index (χ3v) is 8.17. The molecule has 0 bridgehead atoms. The molecular weight excluding hydrogens is 620 g/mol. The minimum absolute atomic E-state index is 0.0588. The second-order valence-electron chi connectivity index (χ2n) is 9.45. The lowest BCUT2D eigenvalue weighted by atomic mass is 9.70. The molecule has 0 unspecified atom stereocenters. The number of nitrogen functional groups attached to an aromatic ring is 2. The maximum Gasteiger partial charge on any atom is 0.267 e. The molecule has 0 aromatic carbocycles. The Morgan fingerprint density at radius 1 is 1.00 bits per heavy atom. The van der Waals surface area contributed by atoms with E-state index in [-0.39, 0.29) is 29.6 Å². The van der Waals surface area contributed by atoms with Crippen molar-refractivity contribution in [2.75, 3.05) is 24.6 Å². The fraction of sp³-hybridized carbons (Fsp3) is 0.333. The van der Waals surface area contributed by atoms with E-state index in [1.54, 1.807) is 30.7 Å². The Balaban J connectivity index is 1.49. The van der Waals surface area contributed by atoms with Crippen molar-refractivity contribution in [1.82, 2.24) is 39.7 Å². The summed E-state index contributed by atoms with van der Waals surface area (Å²) in [7, 11) is 3.73. The highest BCUT2D eigenvalue weighted by Crippen LogP contribution is 2.44. The minimum atomic E-state index is -0.269. The van der Waals surface area contributed by atoms with Gasteiger partial charge in [0.1, 0.15) is 11.4 Å². The second-order valence-corrected chi connectivity index (χ2v) is 11.3. The maximum absolute atomic E-state index is 13.0. The Morgan fingerprint density at radius 3 is 2.13 bits per heavy atom. The molecule has 0 fully saturated rings. The van der Waals surface area contributed by atoms with Gasteiger partial charge in [-0.3, -0.25) is 9.59 Å². The highest BCUT2D eigenvalue weighted by atomic mass is 79.9. The average molecular weight is 648 g/mol. The van der Waals surface area contributed by atoms with Crippen LogP contribution in [0, 0.1) is 11.8 Å². The molecule has 8 N–H and O–H groups in total. The quantitative estimate of drug-likeness (QED) is 0.179. The number of aromatic nitrogens is 6. The topological polar surface area (TPSA) is 177 Å². The normalized spacial score (nSPS) is 18.8. The van der Waals surface area contributed by atoms with Gasteiger partial charge in [-0.1, -0.05) is 0 Å². The first-order valence-electron chi connectivity index (χ1n) is 12.0. The summed E-state index contributed by atoms with van der Waals surface area (Å²) in [5.41, 5.74) is 15.9. The fourth-order valence-electron chi connectivity index (χ4n) is 5.16. The molecule has 1 aliphatic carbocycles. The number of nitrogens with two attached hydrogens (primary N) is 2. The van der Waals surface area contributed by atoms with Crippen molar-refractivity contribution in [3.05, 3.63) is 68.1 Å². The molecule has 0 spiro atoms. The van der Waals surface area contributed by atoms with Gasteiger partial charge in [0, 0.05) is 65.8 Å². The molecule has 14 heteroatoms. The van der Waals surface area contributed by atoms with Crippen LogP contribution in [-0.4, -0.2) is 54.0 Å². The molecule has 2 amide bonds. The Morgan fingerprint density at radius 2 is 1.61 bits per heavy atom. The number of imidazole rings is 2. The number of rotatable bonds is 7. The number of H-pyrrole nitrogens is 2. The third-order valence-electron chi connectivity index (χ3n) is 7.25. The molecule has 3 atom stereocenters. The summed E-state index contributed by atoms with van der Waals surface area (Å²) in [5.74, 6) is -0.154. The van der Waals surface area contributed by atoms with Gasteiger partial charge in [-0.05, 0) is 62.2 Å². The van der Waals surface area contributed by atoms with E-state index in [1.807, 2.05) is 23.2 Å². The van der Waals surface area contributed by atoms with Crippen LogP contribution in [-0.2, 0) is 20.5 Å². The van der Waals surface area contributed by atoms with Gasteiger partial charge < -0.3 is 41.2 Å². The van der Waals surface area contributed by atoms with Gasteiger partial charge in [0.15, 0.2) is 11.9 Å². The van der Waals surface area contributed by atoms with E-state index in [9.17, 15) is 9.59 Å². The van der Waals surface area contributed by atoms with E-state index in [0.717, 1.165) is 26.0 Å². The summed E-state index contributed by atoms with van der Waals surface area (Å²) in [6.07, 6.45) is 5.77. The minimum Gasteiger partial charge on any atom is -0.369 e. The standard InChI is InChI=1S/C24H28Br2N10O2/c1-35-17-3-11(6-31-21(37)15-4-12(25)7-29-15)14(9-32-22(38)16-5-13(26)8-30-16)19(20(17)34-24(35)28)18-10-33-23(27)36(18)2/h4-5,7-8,10-11,14,19,29-30H,3,6,9H2,1-2H3,(H2,27,33)(H2,28,34)(H,31,37)(H,32,38)/t11-,14-,19-/m1/s1. The summed E-state index contributed by atoms with van der Waals surface area (Å²) in [6.45, 7) is 0.703. The molecule has 38 heavy (non-hydrogen) atoms. The first-order valence-corrected chi connectivity index (χ1v) is 13.5. The predicted molar refractivity (Wildman–Crippen MR) is 149 cm³/mol. The van der Waals surface area contributed by atoms with Crippen molar-refractivity contribution in [2.24, 2.45) is 25.9 Å². The van der Waals surface area contributed by atoms with E-state index >= 15 is 0 Å². The summed E-state index contributed by atoms with van der Waals surface area (Å²) in [6, 6.07) is 3.45. The SMILES string of the molecule is Cn1c([C@@H]2c3nc(N)n(C)c3C[C@H](CNC(=O)c3cc(Br)c[nH]3)[C@H]2CNC(=O)c2cc(Br)c[nH]2)cnc1N. The zero-order chi connectivity index (χ0) is 27.1. The Bertz CT molecular complexity index is 1500. The van der Waals surface area contributed by atoms with Crippen LogP contribution >= 0.6 is 31.9 Å². The van der Waals surface area contributed by atoms with Gasteiger partial charge >= 0.3 is 0 Å². The summed E-state index contributed by atoms with van der Waals surface area (Å²) < 4.78 is 5.28. The Labute approximate surface area is 235 Å². The largest absolute Gasteiger partial charge is 0.369 e. The molecule has 5 rings (SSSR count). The number of carbonyl (C=O) groups is 2. The van der Waals surface area contributed by atoms with Crippen molar-refractivity contribution >= 4 is 55.6 Å². The lowest BCUT2D eigenvalue weighted by molar-refractivity contribution is 0.0906. The molecule has 200 valence electrons. The summed E-state index contributed by atoms with van der Waals surface area (Å²) >= 11 is 6.74. The number of halogens is 2. The average Bonchev–Trinajstić information content (AvgIpc) is 3.66. The van der Waals surface area contributed by atoms with E-state index in [4.69, 9.17) is 16.5 Å². The number of carbonyl (C=O) groups excluding carboxylic acids is 2. The van der Waals surface area contributed by atoms with E-state index in [2.05, 4.69) is 57.4 Å². The van der Waals surface area contributed by atoms with E-state index < -0.39 is 0 Å². The Hall–Kier alpha value is -3.52. The predicted octanol–water partition coefficient (Wildman–Crippen LogP) is 2.28. The van der Waals surface area contributed by atoms with Crippen LogP contribution in [0.5, 0.6) is 0 Å². The molecule has 4 aromatic heterocycles. The van der Waals surface area contributed by atoms with Crippen LogP contribution in [0.25, 0.3) is 0 Å². The van der Waals surface area contributed by atoms with Gasteiger partial charge in [0.05, 0.1) is 11.9 Å². The molecular formula is C24H28Br2N10O2. The van der Waals surface area contributed by atoms with Crippen molar-refractivity contribution in [2.45, 2.75) is 12.3 Å². The molecule has 0 radical (unpaired) electrons. The molecule has 0 saturated heterocycles. The monoisotopic (exact) mass is 646 g/mol. The zero-order valence-electron chi connectivity index (χ0n) is 20.8. The Kier molecular flexibility index (Phi) is 7.09. The highest BCUT2D eigenvalue weighted by molar-refractivity contribution is 9.10. The van der Waals surface area contributed by atoms with Crippen LogP contribution in [0.3, 0.4) is 0 Å². The third kappa shape index (κ3) is 4.85. The number of aromatic amines is 2. The molecule has 0 aliphatic heterocycles. The van der Waals surface area contributed by atoms with Crippen molar-refractivity contribution in [3.63, 3.8) is 0 Å². The van der Waals surface area contributed by atoms with Crippen molar-refractivity contribution < 1.29 is 9.59 Å². The zero-order valence-corrected chi connectivity index (χ0v) is 23.9. The van der Waals surface area contributed by atoms with Crippen LogP contribution in [0.15, 0.2) is 39.7 Å². The number of amides is 2. The maximum atomic E-state index is 13.0. The lowest BCUT2D eigenvalue weighted by Crippen LogP contribution is -2.45. The number of nitrogens with one attached hydrogen (secondary N) is 4. The molecule has 0 saturated carbocycles. The van der Waals surface area contributed by atoms with Gasteiger partial charge in [-0.2, -0.15) is 0 Å². The molecule has 4 heterocycles. The van der Waals surface area contributed by atoms with Gasteiger partial charge in [-0.25, -0.2) is 9.97 Å². The first-order chi connectivity index (χ1) is 18.1. The highest BCUT2D eigenvalue weighted by Gasteiger charge is 2.42. The summed E-state index contributed by atoms with van der Waals surface area (Å²) in [4.78, 5) is 40.8. The number of anilines is 2. The number of hydrogen-bond donors (Lipinski definition) is 6. The van der Waals surface area contributed by atoms with Gasteiger partial charge in [-0.15, -0.1) is 0 Å². The van der Waals surface area contributed by atoms with Crippen molar-refractivity contribution in [3.8, 4) is 0 Å². The molecule has 1 aliphatic rings. The van der Waals surface area contributed by atoms with Gasteiger partial charge in [0.25, 0.3) is 11.8 Å². The van der Waals surface area contributed by atoms with Crippen molar-refractivity contribution in [1.29, 1.82) is 0 Å². The summed E-state index contributed by atoms with van der Waals surface area (Å²) in [5, 5.41) is 6.13. The first kappa shape index (κ1) is 26.1. The second kappa shape index (κ2) is 10.3. The lowest BCUT2D eigenvalue weighted by Gasteiger charge is -2.38. The van der Waals surface area contributed by atoms with Gasteiger partial charge in [0.2, 0.25) is 0 Å². The van der Waals surface area contributed by atoms with Crippen LogP contribution < -0.4 is 22.1 Å². The van der Waals surface area contributed by atoms with Crippen LogP contribution in [0.1, 0.15) is 44.0 Å². The van der Waals surface area contributed by atoms with Crippen LogP contribution in [0.2, 0.25) is 0 Å². The molecule has 4 aromatic rings. The molecule has 12 nitrogen and oxygen atoms in total. The number of nitrogens with zero attached hydrogens (tertiary/aromatic N) is 4. The van der Waals surface area contributed by atoms with E-state index in [1.165, 1.54) is 0 Å². The fourth-order valence-corrected chi connectivity index (χ4v) is 5.84. The number of fused-ring (bicyclic) bond motifs is 1. The van der Waals surface area contributed by atoms with E-state index in [0.29, 0.717) is 42.8 Å². The number of hydrogen-bond acceptors (Lipinski definition) is 6.